The highest BCUT2D eigenvalue weighted by Gasteiger charge is 2.44. The van der Waals surface area contributed by atoms with Gasteiger partial charge in [-0.2, -0.15) is 17.6 Å². The third-order valence-electron chi connectivity index (χ3n) is 30.3. The third kappa shape index (κ3) is 31.6. The quantitative estimate of drug-likeness (QED) is 0.0255. The van der Waals surface area contributed by atoms with E-state index in [2.05, 4.69) is 66.2 Å². The lowest BCUT2D eigenvalue weighted by molar-refractivity contribution is -0.275. The van der Waals surface area contributed by atoms with Gasteiger partial charge in [0.05, 0.1) is 11.1 Å². The average Bonchev–Trinajstić information content (AvgIpc) is 0.782. The first-order chi connectivity index (χ1) is 71.3. The van der Waals surface area contributed by atoms with Crippen LogP contribution in [0.3, 0.4) is 0 Å². The molecule has 5 aliphatic rings. The summed E-state index contributed by atoms with van der Waals surface area (Å²) in [7, 11) is 0. The number of benzene rings is 12. The van der Waals surface area contributed by atoms with Gasteiger partial charge >= 0.3 is 18.6 Å². The second kappa shape index (κ2) is 53.4. The monoisotopic (exact) mass is 2100 g/mol. The minimum Gasteiger partial charge on any atom is -0.429 e. The van der Waals surface area contributed by atoms with E-state index < -0.39 is 146 Å². The van der Waals surface area contributed by atoms with Crippen molar-refractivity contribution in [2.45, 2.75) is 289 Å². The summed E-state index contributed by atoms with van der Waals surface area (Å²) in [5.74, 6) is -17.7. The Labute approximate surface area is 865 Å². The van der Waals surface area contributed by atoms with Crippen LogP contribution in [-0.4, -0.2) is 6.36 Å². The highest BCUT2D eigenvalue weighted by Crippen LogP contribution is 2.49. The number of rotatable bonds is 30. The van der Waals surface area contributed by atoms with Crippen LogP contribution in [0, 0.1) is 129 Å². The molecule has 0 saturated heterocycles. The van der Waals surface area contributed by atoms with Gasteiger partial charge in [0.1, 0.15) is 46.1 Å². The summed E-state index contributed by atoms with van der Waals surface area (Å²) in [6, 6.07) is 49.8. The second-order valence-electron chi connectivity index (χ2n) is 40.5. The summed E-state index contributed by atoms with van der Waals surface area (Å²) in [5.41, 5.74) is 6.86. The molecule has 26 heteroatoms. The van der Waals surface area contributed by atoms with Crippen molar-refractivity contribution >= 4 is 0 Å². The molecule has 808 valence electrons. The molecule has 17 rings (SSSR count). The molecule has 0 N–H and O–H groups in total. The average molecular weight is 2100 g/mol. The van der Waals surface area contributed by atoms with Crippen LogP contribution < -0.4 is 14.2 Å². The fourth-order valence-corrected chi connectivity index (χ4v) is 22.1. The molecule has 12 aromatic carbocycles. The summed E-state index contributed by atoms with van der Waals surface area (Å²) in [6.07, 6.45) is 26.7. The molecule has 12 aromatic rings. The summed E-state index contributed by atoms with van der Waals surface area (Å²) in [6.45, 7) is 11.0. The largest absolute Gasteiger partial charge is 0.573 e. The first kappa shape index (κ1) is 115. The van der Waals surface area contributed by atoms with Gasteiger partial charge in [-0.15, -0.1) is 13.2 Å². The number of halogens is 23. The van der Waals surface area contributed by atoms with E-state index in [4.69, 9.17) is 0 Å². The molecule has 0 aromatic heterocycles. The Bertz CT molecular complexity index is 6240. The highest BCUT2D eigenvalue weighted by atomic mass is 19.4. The number of alkyl halides is 7. The predicted octanol–water partition coefficient (Wildman–Crippen LogP) is 41.6. The van der Waals surface area contributed by atoms with Crippen LogP contribution in [-0.2, 0) is 18.6 Å². The van der Waals surface area contributed by atoms with E-state index in [1.54, 1.807) is 36.4 Å². The number of hydrogen-bond donors (Lipinski definition) is 0. The smallest absolute Gasteiger partial charge is 0.429 e. The molecule has 0 aliphatic heterocycles. The molecule has 0 atom stereocenters. The van der Waals surface area contributed by atoms with Gasteiger partial charge in [-0.3, -0.25) is 0 Å². The Morgan fingerprint density at radius 1 is 0.242 bits per heavy atom. The van der Waals surface area contributed by atoms with Crippen LogP contribution in [0.4, 0.5) is 101 Å². The normalized spacial score (nSPS) is 19.5. The molecular weight excluding hydrogens is 1960 g/mol. The van der Waals surface area contributed by atoms with Gasteiger partial charge < -0.3 is 14.2 Å². The van der Waals surface area contributed by atoms with Crippen molar-refractivity contribution in [1.82, 2.24) is 0 Å². The summed E-state index contributed by atoms with van der Waals surface area (Å²) in [5, 5.41) is 0. The van der Waals surface area contributed by atoms with E-state index in [-0.39, 0.29) is 36.3 Å². The number of ether oxygens (including phenoxy) is 3. The molecule has 0 bridgehead atoms. The lowest BCUT2D eigenvalue weighted by Gasteiger charge is -2.38. The van der Waals surface area contributed by atoms with Crippen molar-refractivity contribution in [3.8, 4) is 72.9 Å². The fourth-order valence-electron chi connectivity index (χ4n) is 22.1. The molecule has 149 heavy (non-hydrogen) atoms. The van der Waals surface area contributed by atoms with E-state index in [1.807, 2.05) is 55.5 Å². The summed E-state index contributed by atoms with van der Waals surface area (Å²) in [4.78, 5) is 0. The molecule has 0 unspecified atom stereocenters. The molecule has 0 radical (unpaired) electrons. The maximum absolute atomic E-state index is 14.9. The SMILES string of the molecule is CCCC1CCC(c2ccc(-c3cc(F)c(-c4ccc(OC(F)(F)F)c(F)c4)c(F)c3)cc2)CC1.CCCC1CCC(c2ccc(-c3ccc(F)c(F)c3)cc2)CC1.CCCCC1CCC(C2CCC(c3ccc(C(F)(F)Oc4cc(F)c(F)c(F)c4)c(F)c3)CC2)CC1.CCCCCC1CCC(c2ccc(-c3ccc(F)c(F)c3)cc2)CC1.CCCc1ccc(-c2cc(F)c(C(F)(F)Oc3cc(F)c(F)c(F)c3)c(F)c2)cc1.[HH].[HH].[HH].[HH].[HH]. The van der Waals surface area contributed by atoms with Crippen LogP contribution in [0.2, 0.25) is 0 Å². The van der Waals surface area contributed by atoms with Crippen molar-refractivity contribution in [2.24, 2.45) is 35.5 Å². The molecular formula is C123H137F23O3. The van der Waals surface area contributed by atoms with Gasteiger partial charge in [0.15, 0.2) is 69.7 Å². The van der Waals surface area contributed by atoms with Gasteiger partial charge in [0.2, 0.25) is 0 Å². The molecule has 0 spiro atoms. The minimum absolute atomic E-state index is 0. The molecule has 3 nitrogen and oxygen atoms in total. The summed E-state index contributed by atoms with van der Waals surface area (Å²) < 4.78 is 326. The molecule has 0 heterocycles. The minimum atomic E-state index is -5.08. The number of aryl methyl sites for hydroxylation is 1. The van der Waals surface area contributed by atoms with Gasteiger partial charge in [-0.25, -0.2) is 70.2 Å². The van der Waals surface area contributed by atoms with E-state index in [9.17, 15) is 101 Å². The Kier molecular flexibility index (Phi) is 41.1. The zero-order valence-electron chi connectivity index (χ0n) is 84.3. The van der Waals surface area contributed by atoms with E-state index in [0.29, 0.717) is 82.3 Å². The van der Waals surface area contributed by atoms with Crippen LogP contribution in [0.5, 0.6) is 17.2 Å². The van der Waals surface area contributed by atoms with Gasteiger partial charge in [-0.1, -0.05) is 246 Å². The van der Waals surface area contributed by atoms with Gasteiger partial charge in [0.25, 0.3) is 0 Å². The van der Waals surface area contributed by atoms with E-state index >= 15 is 0 Å². The third-order valence-corrected chi connectivity index (χ3v) is 30.3. The Morgan fingerprint density at radius 3 is 0.953 bits per heavy atom. The molecule has 5 fully saturated rings. The zero-order chi connectivity index (χ0) is 107. The maximum atomic E-state index is 14.9. The van der Waals surface area contributed by atoms with Crippen LogP contribution in [0.1, 0.15) is 310 Å². The molecule has 5 saturated carbocycles. The van der Waals surface area contributed by atoms with E-state index in [0.717, 1.165) is 139 Å². The maximum Gasteiger partial charge on any atom is 0.573 e. The van der Waals surface area contributed by atoms with Crippen molar-refractivity contribution in [3.63, 3.8) is 0 Å². The molecule has 5 aliphatic carbocycles. The van der Waals surface area contributed by atoms with Crippen LogP contribution in [0.15, 0.2) is 218 Å². The lowest BCUT2D eigenvalue weighted by Crippen LogP contribution is -2.26. The Balaban J connectivity index is 0.000000234. The van der Waals surface area contributed by atoms with Crippen LogP contribution >= 0.6 is 0 Å². The molecule has 0 amide bonds. The summed E-state index contributed by atoms with van der Waals surface area (Å²) >= 11 is 0. The first-order valence-electron chi connectivity index (χ1n) is 52.4. The van der Waals surface area contributed by atoms with Crippen LogP contribution in [0.25, 0.3) is 55.6 Å². The standard InChI is InChI=1S/C29H34F6O.C28H26F6O.C23H28F2.C22H15F7O.C21H24F2.5H2/c1-2-3-4-18-5-7-19(8-6-18)20-9-11-21(12-10-20)22-13-14-24(25(30)15-22)29(34,35)36-23-16-26(31)28(33)27(32)17-23;1-2-3-17-4-6-18(7-5-17)19-8-10-20(11-9-19)22-15-24(30)27(25(31)16-22)21-12-13-26(23(29)14-21)35-28(32,33)34;1-2-3-4-5-17-6-8-18(9-7-17)19-10-12-20(13-11-19)21-14-15-22(24)23(25)16-21;1-2-3-12-4-6-13(7-5-12)14-8-16(23)20(17(24)9-14)22(28,29)30-15-10-18(25)21(27)19(26)11-15;1-2-3-15-4-6-16(7-5-15)17-8-10-18(11-9-17)19-12-13-20(22)21(23)14-19;;;;;/h13-21H,2-12H2,1H3;8-18H,2-7H2,1H3;10-18H,2-9H2,1H3;4-11H,2-3H2,1H3;8-16H,2-7H2,1H3;5*1H. The fraction of sp³-hybridized carbons (Fsp3) is 0.415. The second-order valence-corrected chi connectivity index (χ2v) is 40.5. The van der Waals surface area contributed by atoms with Gasteiger partial charge in [-0.05, 0) is 332 Å². The Morgan fingerprint density at radius 2 is 0.570 bits per heavy atom. The zero-order valence-corrected chi connectivity index (χ0v) is 84.3. The van der Waals surface area contributed by atoms with E-state index in [1.165, 1.54) is 208 Å². The van der Waals surface area contributed by atoms with Crippen molar-refractivity contribution < 1.29 is 122 Å². The Hall–Kier alpha value is -11.6. The predicted molar refractivity (Wildman–Crippen MR) is 550 cm³/mol. The van der Waals surface area contributed by atoms with Gasteiger partial charge in [0, 0.05) is 31.4 Å². The van der Waals surface area contributed by atoms with Crippen molar-refractivity contribution in [1.29, 1.82) is 0 Å². The first-order valence-corrected chi connectivity index (χ1v) is 52.4. The lowest BCUT2D eigenvalue weighted by atomic mass is 9.68. The topological polar surface area (TPSA) is 27.7 Å². The van der Waals surface area contributed by atoms with Crippen molar-refractivity contribution in [3.05, 3.63) is 350 Å². The highest BCUT2D eigenvalue weighted by molar-refractivity contribution is 5.73. The van der Waals surface area contributed by atoms with Crippen molar-refractivity contribution in [2.75, 3.05) is 0 Å². The number of hydrogen-bond acceptors (Lipinski definition) is 3. The number of unbranched alkanes of at least 4 members (excludes halogenated alkanes) is 3.